The lowest BCUT2D eigenvalue weighted by Crippen LogP contribution is -2.20. The molecule has 3 N–H and O–H groups in total. The van der Waals surface area contributed by atoms with Gasteiger partial charge in [0.15, 0.2) is 0 Å². The van der Waals surface area contributed by atoms with E-state index in [4.69, 9.17) is 5.14 Å². The number of nitrogens with two attached hydrogens (primary N) is 1. The number of hydrogen-bond acceptors (Lipinski definition) is 4. The number of amides is 1. The van der Waals surface area contributed by atoms with Gasteiger partial charge in [0.05, 0.1) is 6.54 Å². The highest BCUT2D eigenvalue weighted by atomic mass is 32.2. The Bertz CT molecular complexity index is 549. The van der Waals surface area contributed by atoms with Crippen molar-refractivity contribution in [1.29, 1.82) is 0 Å². The molecule has 0 saturated heterocycles. The van der Waals surface area contributed by atoms with Crippen LogP contribution in [-0.4, -0.2) is 14.3 Å². The highest BCUT2D eigenvalue weighted by Crippen LogP contribution is 2.19. The molecule has 1 aromatic rings. The zero-order chi connectivity index (χ0) is 12.2. The van der Waals surface area contributed by atoms with Gasteiger partial charge in [-0.2, -0.15) is 0 Å². The third kappa shape index (κ3) is 3.66. The van der Waals surface area contributed by atoms with Gasteiger partial charge in [0.2, 0.25) is 10.0 Å². The second kappa shape index (κ2) is 5.12. The molecule has 0 aromatic carbocycles. The van der Waals surface area contributed by atoms with Crippen molar-refractivity contribution >= 4 is 27.3 Å². The van der Waals surface area contributed by atoms with E-state index in [0.717, 1.165) is 11.3 Å². The summed E-state index contributed by atoms with van der Waals surface area (Å²) in [4.78, 5) is 11.7. The first-order valence-corrected chi connectivity index (χ1v) is 6.62. The van der Waals surface area contributed by atoms with Gasteiger partial charge >= 0.3 is 0 Å². The number of thiophene rings is 1. The monoisotopic (exact) mass is 258 g/mol. The molecule has 86 valence electrons. The Kier molecular flexibility index (Phi) is 4.06. The van der Waals surface area contributed by atoms with Gasteiger partial charge in [0.25, 0.3) is 5.91 Å². The molecule has 1 heterocycles. The number of carbonyl (C=O) groups is 1. The largest absolute Gasteiger partial charge is 0.340 e. The average Bonchev–Trinajstić information content (AvgIpc) is 2.63. The molecule has 1 aromatic heterocycles. The topological polar surface area (TPSA) is 89.3 Å². The zero-order valence-corrected chi connectivity index (χ0v) is 10.1. The van der Waals surface area contributed by atoms with E-state index in [9.17, 15) is 13.2 Å². The standard InChI is InChI=1S/C9H10N2O3S2/c1-2-3-8(12)11-6-7-4-5-9(15-7)16(10,13)14/h4-5H,6H2,1H3,(H,11,12)(H2,10,13,14). The molecule has 0 aliphatic rings. The number of nitrogens with one attached hydrogen (secondary N) is 1. The fourth-order valence-corrected chi connectivity index (χ4v) is 2.65. The Morgan fingerprint density at radius 3 is 2.75 bits per heavy atom. The maximum Gasteiger partial charge on any atom is 0.296 e. The Morgan fingerprint density at radius 2 is 2.25 bits per heavy atom. The summed E-state index contributed by atoms with van der Waals surface area (Å²) in [5.74, 6) is 4.38. The highest BCUT2D eigenvalue weighted by Gasteiger charge is 2.11. The lowest BCUT2D eigenvalue weighted by molar-refractivity contribution is -0.115. The molecule has 0 aliphatic carbocycles. The number of sulfonamides is 1. The summed E-state index contributed by atoms with van der Waals surface area (Å²) in [5, 5.41) is 7.47. The van der Waals surface area contributed by atoms with E-state index in [1.807, 2.05) is 0 Å². The van der Waals surface area contributed by atoms with Crippen molar-refractivity contribution in [2.45, 2.75) is 17.7 Å². The molecule has 0 saturated carbocycles. The molecule has 5 nitrogen and oxygen atoms in total. The Labute approximate surface area is 97.7 Å². The van der Waals surface area contributed by atoms with E-state index in [1.54, 1.807) is 13.0 Å². The molecule has 16 heavy (non-hydrogen) atoms. The van der Waals surface area contributed by atoms with Gasteiger partial charge in [0.1, 0.15) is 4.21 Å². The van der Waals surface area contributed by atoms with Crippen molar-refractivity contribution in [1.82, 2.24) is 5.32 Å². The summed E-state index contributed by atoms with van der Waals surface area (Å²) >= 11 is 1.02. The summed E-state index contributed by atoms with van der Waals surface area (Å²) in [6.45, 7) is 1.80. The molecule has 0 radical (unpaired) electrons. The van der Waals surface area contributed by atoms with Crippen LogP contribution in [0.4, 0.5) is 0 Å². The van der Waals surface area contributed by atoms with E-state index in [1.165, 1.54) is 6.07 Å². The molecule has 0 bridgehead atoms. The summed E-state index contributed by atoms with van der Waals surface area (Å²) in [5.41, 5.74) is 0. The van der Waals surface area contributed by atoms with Crippen molar-refractivity contribution in [3.63, 3.8) is 0 Å². The fraction of sp³-hybridized carbons (Fsp3) is 0.222. The van der Waals surface area contributed by atoms with Crippen LogP contribution in [-0.2, 0) is 21.4 Å². The molecule has 1 amide bonds. The molecule has 0 unspecified atom stereocenters. The third-order valence-electron chi connectivity index (χ3n) is 1.58. The first-order chi connectivity index (χ1) is 7.43. The van der Waals surface area contributed by atoms with Crippen LogP contribution < -0.4 is 10.5 Å². The van der Waals surface area contributed by atoms with E-state index in [-0.39, 0.29) is 10.8 Å². The van der Waals surface area contributed by atoms with Crippen molar-refractivity contribution in [3.8, 4) is 11.8 Å². The minimum Gasteiger partial charge on any atom is -0.340 e. The van der Waals surface area contributed by atoms with Crippen LogP contribution in [0, 0.1) is 11.8 Å². The van der Waals surface area contributed by atoms with Crippen molar-refractivity contribution in [2.75, 3.05) is 0 Å². The highest BCUT2D eigenvalue weighted by molar-refractivity contribution is 7.91. The molecular weight excluding hydrogens is 248 g/mol. The van der Waals surface area contributed by atoms with Gasteiger partial charge in [-0.25, -0.2) is 13.6 Å². The number of primary sulfonamides is 1. The van der Waals surface area contributed by atoms with E-state index >= 15 is 0 Å². The maximum atomic E-state index is 11.0. The fourth-order valence-electron chi connectivity index (χ4n) is 0.931. The van der Waals surface area contributed by atoms with Crippen LogP contribution in [0.1, 0.15) is 11.8 Å². The van der Waals surface area contributed by atoms with Crippen molar-refractivity contribution in [2.24, 2.45) is 5.14 Å². The van der Waals surface area contributed by atoms with Gasteiger partial charge in [-0.3, -0.25) is 4.79 Å². The van der Waals surface area contributed by atoms with Crippen molar-refractivity contribution < 1.29 is 13.2 Å². The lowest BCUT2D eigenvalue weighted by atomic mass is 10.4. The van der Waals surface area contributed by atoms with Gasteiger partial charge in [-0.05, 0) is 25.0 Å². The Morgan fingerprint density at radius 1 is 1.56 bits per heavy atom. The minimum absolute atomic E-state index is 0.0818. The first kappa shape index (κ1) is 12.7. The van der Waals surface area contributed by atoms with Crippen LogP contribution in [0.25, 0.3) is 0 Å². The summed E-state index contributed by atoms with van der Waals surface area (Å²) < 4.78 is 22.0. The third-order valence-corrected chi connectivity index (χ3v) is 4.10. The van der Waals surface area contributed by atoms with Crippen LogP contribution in [0.15, 0.2) is 16.3 Å². The molecule has 7 heteroatoms. The Hall–Kier alpha value is -1.36. The molecule has 1 rings (SSSR count). The summed E-state index contributed by atoms with van der Waals surface area (Å²) in [6, 6.07) is 3.01. The zero-order valence-electron chi connectivity index (χ0n) is 8.48. The van der Waals surface area contributed by atoms with Crippen LogP contribution in [0.5, 0.6) is 0 Å². The number of hydrogen-bond donors (Lipinski definition) is 2. The lowest BCUT2D eigenvalue weighted by Gasteiger charge is -1.96. The van der Waals surface area contributed by atoms with Crippen LogP contribution in [0.2, 0.25) is 0 Å². The van der Waals surface area contributed by atoms with Crippen molar-refractivity contribution in [3.05, 3.63) is 17.0 Å². The molecular formula is C9H10N2O3S2. The number of carbonyl (C=O) groups excluding carboxylic acids is 1. The number of rotatable bonds is 3. The predicted octanol–water partition coefficient (Wildman–Crippen LogP) is 0.0350. The molecule has 0 aliphatic heterocycles. The van der Waals surface area contributed by atoms with Gasteiger partial charge in [-0.15, -0.1) is 11.3 Å². The molecule has 0 fully saturated rings. The Balaban J connectivity index is 2.66. The molecule has 0 spiro atoms. The van der Waals surface area contributed by atoms with E-state index in [0.29, 0.717) is 4.88 Å². The van der Waals surface area contributed by atoms with Crippen LogP contribution >= 0.6 is 11.3 Å². The second-order valence-corrected chi connectivity index (χ2v) is 5.78. The smallest absolute Gasteiger partial charge is 0.296 e. The van der Waals surface area contributed by atoms with E-state index < -0.39 is 15.9 Å². The van der Waals surface area contributed by atoms with Crippen LogP contribution in [0.3, 0.4) is 0 Å². The normalized spacial score (nSPS) is 10.4. The van der Waals surface area contributed by atoms with E-state index in [2.05, 4.69) is 17.2 Å². The second-order valence-electron chi connectivity index (χ2n) is 2.82. The predicted molar refractivity (Wildman–Crippen MR) is 61.0 cm³/mol. The average molecular weight is 258 g/mol. The summed E-state index contributed by atoms with van der Waals surface area (Å²) in [7, 11) is -3.65. The van der Waals surface area contributed by atoms with Gasteiger partial charge in [0, 0.05) is 4.88 Å². The SMILES string of the molecule is CC#CC(=O)NCc1ccc(S(N)(=O)=O)s1. The first-order valence-electron chi connectivity index (χ1n) is 4.25. The summed E-state index contributed by atoms with van der Waals surface area (Å²) in [6.07, 6.45) is 0. The molecule has 0 atom stereocenters. The quantitative estimate of drug-likeness (QED) is 0.750. The van der Waals surface area contributed by atoms with Gasteiger partial charge < -0.3 is 5.32 Å². The van der Waals surface area contributed by atoms with Gasteiger partial charge in [-0.1, -0.05) is 5.92 Å². The minimum atomic E-state index is -3.65. The maximum absolute atomic E-state index is 11.0.